The minimum Gasteiger partial charge on any atom is -0.314 e. The molecule has 18 heavy (non-hydrogen) atoms. The lowest BCUT2D eigenvalue weighted by Gasteiger charge is -2.34. The number of nitrogens with zero attached hydrogens (tertiary/aromatic N) is 1. The molecule has 0 amide bonds. The maximum Gasteiger partial charge on any atom is 0.128 e. The van der Waals surface area contributed by atoms with Crippen LogP contribution in [0.1, 0.15) is 24.9 Å². The van der Waals surface area contributed by atoms with Gasteiger partial charge in [0.2, 0.25) is 0 Å². The van der Waals surface area contributed by atoms with Crippen molar-refractivity contribution in [3.63, 3.8) is 0 Å². The molecule has 2 nitrogen and oxygen atoms in total. The zero-order chi connectivity index (χ0) is 12.3. The molecule has 1 aromatic rings. The van der Waals surface area contributed by atoms with Gasteiger partial charge in [0.1, 0.15) is 5.82 Å². The van der Waals surface area contributed by atoms with Gasteiger partial charge < -0.3 is 5.32 Å². The Hall–Kier alpha value is -0.160. The molecule has 0 spiro atoms. The fraction of sp³-hybridized carbons (Fsp3) is 0.538. The lowest BCUT2D eigenvalue weighted by molar-refractivity contribution is 0.166. The summed E-state index contributed by atoms with van der Waals surface area (Å²) in [4.78, 5) is 2.36. The topological polar surface area (TPSA) is 15.3 Å². The summed E-state index contributed by atoms with van der Waals surface area (Å²) >= 11 is 3.42. The van der Waals surface area contributed by atoms with Gasteiger partial charge in [-0.1, -0.05) is 22.9 Å². The molecule has 0 aliphatic carbocycles. The molecule has 0 unspecified atom stereocenters. The number of benzene rings is 1. The van der Waals surface area contributed by atoms with Crippen LogP contribution in [0.15, 0.2) is 22.7 Å². The lowest BCUT2D eigenvalue weighted by Crippen LogP contribution is -2.45. The van der Waals surface area contributed by atoms with Crippen LogP contribution in [0.3, 0.4) is 0 Å². The molecule has 0 radical (unpaired) electrons. The second-order valence-corrected chi connectivity index (χ2v) is 5.29. The zero-order valence-electron chi connectivity index (χ0n) is 10.5. The van der Waals surface area contributed by atoms with Crippen LogP contribution in [-0.4, -0.2) is 31.1 Å². The van der Waals surface area contributed by atoms with Crippen molar-refractivity contribution >= 4 is 28.3 Å². The van der Waals surface area contributed by atoms with Crippen molar-refractivity contribution in [3.8, 4) is 0 Å². The first-order chi connectivity index (χ1) is 8.22. The minimum atomic E-state index is -0.0985. The van der Waals surface area contributed by atoms with E-state index in [-0.39, 0.29) is 24.3 Å². The van der Waals surface area contributed by atoms with Gasteiger partial charge in [-0.25, -0.2) is 4.39 Å². The molecule has 0 bridgehead atoms. The summed E-state index contributed by atoms with van der Waals surface area (Å²) in [5, 5.41) is 3.33. The molecule has 1 heterocycles. The fourth-order valence-corrected chi connectivity index (χ4v) is 2.82. The normalized spacial score (nSPS) is 18.2. The van der Waals surface area contributed by atoms with E-state index in [9.17, 15) is 4.39 Å². The van der Waals surface area contributed by atoms with E-state index < -0.39 is 0 Å². The maximum atomic E-state index is 13.9. The van der Waals surface area contributed by atoms with Crippen LogP contribution in [0.25, 0.3) is 0 Å². The molecular weight excluding hydrogens is 319 g/mol. The van der Waals surface area contributed by atoms with Crippen LogP contribution in [0, 0.1) is 5.82 Å². The number of nitrogens with one attached hydrogen (secondary N) is 1. The maximum absolute atomic E-state index is 13.9. The second kappa shape index (κ2) is 7.43. The van der Waals surface area contributed by atoms with E-state index in [0.717, 1.165) is 42.6 Å². The first-order valence-corrected chi connectivity index (χ1v) is 6.91. The van der Waals surface area contributed by atoms with Gasteiger partial charge in [0.05, 0.1) is 0 Å². The van der Waals surface area contributed by atoms with Crippen LogP contribution in [0.4, 0.5) is 4.39 Å². The molecule has 1 saturated heterocycles. The Labute approximate surface area is 122 Å². The molecule has 2 rings (SSSR count). The number of piperazine rings is 1. The van der Waals surface area contributed by atoms with E-state index in [0.29, 0.717) is 0 Å². The average molecular weight is 338 g/mol. The van der Waals surface area contributed by atoms with E-state index in [1.54, 1.807) is 12.1 Å². The van der Waals surface area contributed by atoms with Crippen molar-refractivity contribution in [1.82, 2.24) is 10.2 Å². The smallest absolute Gasteiger partial charge is 0.128 e. The highest BCUT2D eigenvalue weighted by atomic mass is 79.9. The van der Waals surface area contributed by atoms with Crippen molar-refractivity contribution in [2.45, 2.75) is 19.4 Å². The molecule has 1 aromatic carbocycles. The van der Waals surface area contributed by atoms with Crippen LogP contribution in [0.5, 0.6) is 0 Å². The molecule has 0 aromatic heterocycles. The molecule has 0 saturated carbocycles. The molecule has 1 atom stereocenters. The van der Waals surface area contributed by atoms with Crippen LogP contribution in [-0.2, 0) is 0 Å². The summed E-state index contributed by atoms with van der Waals surface area (Å²) in [7, 11) is 0. The molecular formula is C13H19BrClFN2. The summed E-state index contributed by atoms with van der Waals surface area (Å²) in [6.07, 6.45) is 0.938. The first kappa shape index (κ1) is 15.9. The monoisotopic (exact) mass is 336 g/mol. The SMILES string of the molecule is CC[C@H](c1cc(Br)ccc1F)N1CCNCC1.Cl. The van der Waals surface area contributed by atoms with E-state index >= 15 is 0 Å². The third-order valence-electron chi connectivity index (χ3n) is 3.30. The van der Waals surface area contributed by atoms with Gasteiger partial charge in [-0.3, -0.25) is 4.90 Å². The third-order valence-corrected chi connectivity index (χ3v) is 3.79. The predicted molar refractivity (Wildman–Crippen MR) is 78.8 cm³/mol. The molecule has 1 N–H and O–H groups in total. The Bertz CT molecular complexity index is 383. The predicted octanol–water partition coefficient (Wildman–Crippen LogP) is 3.37. The van der Waals surface area contributed by atoms with Gasteiger partial charge in [0, 0.05) is 42.3 Å². The van der Waals surface area contributed by atoms with Gasteiger partial charge in [0.25, 0.3) is 0 Å². The highest BCUT2D eigenvalue weighted by Gasteiger charge is 2.23. The quantitative estimate of drug-likeness (QED) is 0.910. The number of hydrogen-bond acceptors (Lipinski definition) is 2. The molecule has 102 valence electrons. The van der Waals surface area contributed by atoms with Crippen LogP contribution < -0.4 is 5.32 Å². The van der Waals surface area contributed by atoms with E-state index in [2.05, 4.69) is 33.1 Å². The highest BCUT2D eigenvalue weighted by Crippen LogP contribution is 2.28. The molecule has 5 heteroatoms. The summed E-state index contributed by atoms with van der Waals surface area (Å²) < 4.78 is 14.8. The van der Waals surface area contributed by atoms with Gasteiger partial charge in [0.15, 0.2) is 0 Å². The Morgan fingerprint density at radius 2 is 2.06 bits per heavy atom. The van der Waals surface area contributed by atoms with E-state index in [1.807, 2.05) is 6.07 Å². The van der Waals surface area contributed by atoms with Gasteiger partial charge in [-0.2, -0.15) is 0 Å². The van der Waals surface area contributed by atoms with Gasteiger partial charge >= 0.3 is 0 Å². The summed E-state index contributed by atoms with van der Waals surface area (Å²) in [6, 6.07) is 5.40. The summed E-state index contributed by atoms with van der Waals surface area (Å²) in [5.74, 6) is -0.0985. The van der Waals surface area contributed by atoms with E-state index in [1.165, 1.54) is 0 Å². The fourth-order valence-electron chi connectivity index (χ4n) is 2.44. The Morgan fingerprint density at radius 1 is 1.39 bits per heavy atom. The molecule has 1 aliphatic heterocycles. The zero-order valence-corrected chi connectivity index (χ0v) is 12.9. The second-order valence-electron chi connectivity index (χ2n) is 4.38. The van der Waals surface area contributed by atoms with Gasteiger partial charge in [-0.05, 0) is 24.6 Å². The van der Waals surface area contributed by atoms with Crippen molar-refractivity contribution in [3.05, 3.63) is 34.1 Å². The van der Waals surface area contributed by atoms with Crippen molar-refractivity contribution in [1.29, 1.82) is 0 Å². The summed E-state index contributed by atoms with van der Waals surface area (Å²) in [6.45, 7) is 6.08. The number of hydrogen-bond donors (Lipinski definition) is 1. The van der Waals surface area contributed by atoms with Crippen molar-refractivity contribution in [2.75, 3.05) is 26.2 Å². The average Bonchev–Trinajstić information content (AvgIpc) is 2.36. The molecule has 1 fully saturated rings. The van der Waals surface area contributed by atoms with Crippen molar-refractivity contribution in [2.24, 2.45) is 0 Å². The van der Waals surface area contributed by atoms with E-state index in [4.69, 9.17) is 0 Å². The Balaban J connectivity index is 0.00000162. The number of rotatable bonds is 3. The number of halogens is 3. The first-order valence-electron chi connectivity index (χ1n) is 6.12. The minimum absolute atomic E-state index is 0. The Kier molecular flexibility index (Phi) is 6.57. The highest BCUT2D eigenvalue weighted by molar-refractivity contribution is 9.10. The third kappa shape index (κ3) is 3.67. The van der Waals surface area contributed by atoms with Crippen molar-refractivity contribution < 1.29 is 4.39 Å². The van der Waals surface area contributed by atoms with Crippen LogP contribution >= 0.6 is 28.3 Å². The lowest BCUT2D eigenvalue weighted by atomic mass is 10.0. The molecule has 1 aliphatic rings. The van der Waals surface area contributed by atoms with Gasteiger partial charge in [-0.15, -0.1) is 12.4 Å². The Morgan fingerprint density at radius 3 is 2.67 bits per heavy atom. The largest absolute Gasteiger partial charge is 0.314 e. The summed E-state index contributed by atoms with van der Waals surface area (Å²) in [5.41, 5.74) is 0.809. The van der Waals surface area contributed by atoms with Crippen LogP contribution in [0.2, 0.25) is 0 Å². The standard InChI is InChI=1S/C13H18BrFN2.ClH/c1-2-13(17-7-5-16-6-8-17)11-9-10(14)3-4-12(11)15;/h3-4,9,13,16H,2,5-8H2,1H3;1H/t13-;/m1./s1.